The van der Waals surface area contributed by atoms with Gasteiger partial charge in [0.1, 0.15) is 11.9 Å². The molecule has 1 fully saturated rings. The number of hydrogen-bond acceptors (Lipinski definition) is 2. The number of hydrogen-bond donors (Lipinski definition) is 0. The highest BCUT2D eigenvalue weighted by Gasteiger charge is 2.49. The van der Waals surface area contributed by atoms with E-state index in [0.717, 1.165) is 6.42 Å². The Bertz CT molecular complexity index is 367. The number of nitrogens with zero attached hydrogens (tertiary/aromatic N) is 1. The van der Waals surface area contributed by atoms with Gasteiger partial charge < -0.3 is 4.74 Å². The highest BCUT2D eigenvalue weighted by molar-refractivity contribution is 6.30. The van der Waals surface area contributed by atoms with Crippen LogP contribution in [0.15, 0.2) is 18.5 Å². The van der Waals surface area contributed by atoms with Gasteiger partial charge in [0.05, 0.1) is 11.2 Å². The molecule has 1 aliphatic rings. The third-order valence-corrected chi connectivity index (χ3v) is 3.96. The van der Waals surface area contributed by atoms with Crippen molar-refractivity contribution in [2.24, 2.45) is 5.41 Å². The molecular weight excluding hydrogens is 233 g/mol. The Morgan fingerprint density at radius 3 is 2.73 bits per heavy atom. The molecule has 1 saturated carbocycles. The molecule has 1 aromatic heterocycles. The number of rotatable bonds is 2. The van der Waals surface area contributed by atoms with E-state index in [9.17, 15) is 0 Å². The molecule has 2 unspecified atom stereocenters. The van der Waals surface area contributed by atoms with Gasteiger partial charge in [0.15, 0.2) is 0 Å². The van der Waals surface area contributed by atoms with Crippen molar-refractivity contribution in [1.29, 1.82) is 0 Å². The molecule has 82 valence electrons. The van der Waals surface area contributed by atoms with E-state index in [1.165, 1.54) is 0 Å². The van der Waals surface area contributed by atoms with Crippen LogP contribution in [0.3, 0.4) is 0 Å². The molecule has 2 atom stereocenters. The first-order valence-corrected chi connectivity index (χ1v) is 5.73. The van der Waals surface area contributed by atoms with E-state index in [0.29, 0.717) is 10.8 Å². The highest BCUT2D eigenvalue weighted by Crippen LogP contribution is 2.46. The van der Waals surface area contributed by atoms with Gasteiger partial charge >= 0.3 is 0 Å². The molecule has 0 bridgehead atoms. The van der Waals surface area contributed by atoms with Crippen LogP contribution >= 0.6 is 23.2 Å². The smallest absolute Gasteiger partial charge is 0.139 e. The van der Waals surface area contributed by atoms with Gasteiger partial charge in [0, 0.05) is 29.5 Å². The molecule has 0 aliphatic heterocycles. The number of halogens is 2. The predicted molar refractivity (Wildman–Crippen MR) is 61.7 cm³/mol. The summed E-state index contributed by atoms with van der Waals surface area (Å²) in [5.41, 5.74) is 0.0177. The SMILES string of the molecule is CC1(C)C(Cl)CC1Oc1cncc(Cl)c1. The first-order valence-electron chi connectivity index (χ1n) is 4.91. The second-order valence-corrected chi connectivity index (χ2v) is 5.43. The predicted octanol–water partition coefficient (Wildman–Crippen LogP) is 3.52. The Hall–Kier alpha value is -0.470. The standard InChI is InChI=1S/C11H13Cl2NO/c1-11(2)9(13)4-10(11)15-8-3-7(12)5-14-6-8/h3,5-6,9-10H,4H2,1-2H3. The fourth-order valence-corrected chi connectivity index (χ4v) is 2.12. The molecule has 1 aliphatic carbocycles. The van der Waals surface area contributed by atoms with Crippen LogP contribution in [-0.4, -0.2) is 16.5 Å². The number of pyridine rings is 1. The Morgan fingerprint density at radius 2 is 2.20 bits per heavy atom. The van der Waals surface area contributed by atoms with Crippen LogP contribution in [0.4, 0.5) is 0 Å². The second kappa shape index (κ2) is 3.84. The van der Waals surface area contributed by atoms with Crippen molar-refractivity contribution in [2.45, 2.75) is 31.7 Å². The molecule has 0 N–H and O–H groups in total. The number of ether oxygens (including phenoxy) is 1. The lowest BCUT2D eigenvalue weighted by Gasteiger charge is -2.48. The van der Waals surface area contributed by atoms with Crippen molar-refractivity contribution in [2.75, 3.05) is 0 Å². The molecule has 0 amide bonds. The van der Waals surface area contributed by atoms with Gasteiger partial charge in [-0.15, -0.1) is 11.6 Å². The molecule has 1 heterocycles. The van der Waals surface area contributed by atoms with Crippen molar-refractivity contribution in [3.8, 4) is 5.75 Å². The molecule has 4 heteroatoms. The summed E-state index contributed by atoms with van der Waals surface area (Å²) < 4.78 is 5.79. The minimum absolute atomic E-state index is 0.0177. The first-order chi connectivity index (χ1) is 7.00. The monoisotopic (exact) mass is 245 g/mol. The van der Waals surface area contributed by atoms with Crippen LogP contribution in [0.2, 0.25) is 5.02 Å². The largest absolute Gasteiger partial charge is 0.488 e. The average molecular weight is 246 g/mol. The van der Waals surface area contributed by atoms with Gasteiger partial charge in [-0.3, -0.25) is 4.98 Å². The summed E-state index contributed by atoms with van der Waals surface area (Å²) in [6.07, 6.45) is 4.29. The van der Waals surface area contributed by atoms with Crippen molar-refractivity contribution >= 4 is 23.2 Å². The number of alkyl halides is 1. The molecular formula is C11H13Cl2NO. The Labute approximate surface area is 99.6 Å². The van der Waals surface area contributed by atoms with Gasteiger partial charge in [-0.25, -0.2) is 0 Å². The van der Waals surface area contributed by atoms with Crippen LogP contribution in [0.5, 0.6) is 5.75 Å². The first kappa shape index (κ1) is 11.0. The van der Waals surface area contributed by atoms with Gasteiger partial charge in [-0.1, -0.05) is 25.4 Å². The topological polar surface area (TPSA) is 22.1 Å². The molecule has 0 saturated heterocycles. The summed E-state index contributed by atoms with van der Waals surface area (Å²) >= 11 is 11.9. The second-order valence-electron chi connectivity index (χ2n) is 4.47. The van der Waals surface area contributed by atoms with E-state index < -0.39 is 0 Å². The molecule has 2 nitrogen and oxygen atoms in total. The minimum atomic E-state index is 0.0177. The fourth-order valence-electron chi connectivity index (χ4n) is 1.66. The van der Waals surface area contributed by atoms with Crippen LogP contribution in [0, 0.1) is 5.41 Å². The van der Waals surface area contributed by atoms with E-state index in [1.807, 2.05) is 0 Å². The normalized spacial score (nSPS) is 28.3. The van der Waals surface area contributed by atoms with Gasteiger partial charge in [-0.05, 0) is 0 Å². The Balaban J connectivity index is 2.05. The molecule has 0 aromatic carbocycles. The highest BCUT2D eigenvalue weighted by atomic mass is 35.5. The Morgan fingerprint density at radius 1 is 1.47 bits per heavy atom. The average Bonchev–Trinajstić information content (AvgIpc) is 2.17. The third kappa shape index (κ3) is 2.06. The molecule has 1 aromatic rings. The quantitative estimate of drug-likeness (QED) is 0.745. The molecule has 2 rings (SSSR count). The van der Waals surface area contributed by atoms with Gasteiger partial charge in [0.25, 0.3) is 0 Å². The van der Waals surface area contributed by atoms with E-state index in [2.05, 4.69) is 18.8 Å². The van der Waals surface area contributed by atoms with Crippen LogP contribution in [0.1, 0.15) is 20.3 Å². The lowest BCUT2D eigenvalue weighted by molar-refractivity contribution is -0.0132. The summed E-state index contributed by atoms with van der Waals surface area (Å²) in [6, 6.07) is 1.77. The summed E-state index contributed by atoms with van der Waals surface area (Å²) in [5, 5.41) is 0.779. The van der Waals surface area contributed by atoms with Crippen LogP contribution in [0.25, 0.3) is 0 Å². The van der Waals surface area contributed by atoms with Crippen molar-refractivity contribution < 1.29 is 4.74 Å². The van der Waals surface area contributed by atoms with E-state index in [-0.39, 0.29) is 16.9 Å². The van der Waals surface area contributed by atoms with Crippen molar-refractivity contribution in [3.05, 3.63) is 23.5 Å². The third-order valence-electron chi connectivity index (χ3n) is 3.02. The summed E-state index contributed by atoms with van der Waals surface area (Å²) in [6.45, 7) is 4.22. The molecule has 0 radical (unpaired) electrons. The van der Waals surface area contributed by atoms with Gasteiger partial charge in [-0.2, -0.15) is 0 Å². The van der Waals surface area contributed by atoms with Gasteiger partial charge in [0.2, 0.25) is 0 Å². The Kier molecular flexibility index (Phi) is 2.82. The van der Waals surface area contributed by atoms with E-state index >= 15 is 0 Å². The summed E-state index contributed by atoms with van der Waals surface area (Å²) in [7, 11) is 0. The zero-order valence-electron chi connectivity index (χ0n) is 8.71. The maximum atomic E-state index is 6.11. The maximum absolute atomic E-state index is 6.11. The van der Waals surface area contributed by atoms with E-state index in [1.54, 1.807) is 18.5 Å². The summed E-state index contributed by atoms with van der Waals surface area (Å²) in [5.74, 6) is 0.712. The number of aromatic nitrogens is 1. The van der Waals surface area contributed by atoms with E-state index in [4.69, 9.17) is 27.9 Å². The minimum Gasteiger partial charge on any atom is -0.488 e. The molecule has 15 heavy (non-hydrogen) atoms. The lowest BCUT2D eigenvalue weighted by Crippen LogP contribution is -2.53. The van der Waals surface area contributed by atoms with Crippen molar-refractivity contribution in [3.63, 3.8) is 0 Å². The fraction of sp³-hybridized carbons (Fsp3) is 0.545. The summed E-state index contributed by atoms with van der Waals surface area (Å²) in [4.78, 5) is 3.97. The van der Waals surface area contributed by atoms with Crippen molar-refractivity contribution in [1.82, 2.24) is 4.98 Å². The zero-order chi connectivity index (χ0) is 11.1. The zero-order valence-corrected chi connectivity index (χ0v) is 10.2. The maximum Gasteiger partial charge on any atom is 0.139 e. The molecule has 0 spiro atoms. The lowest BCUT2D eigenvalue weighted by atomic mass is 9.68. The van der Waals surface area contributed by atoms with Crippen LogP contribution < -0.4 is 4.74 Å². The van der Waals surface area contributed by atoms with Crippen LogP contribution in [-0.2, 0) is 0 Å².